The first-order valence-corrected chi connectivity index (χ1v) is 9.09. The molecule has 0 saturated carbocycles. The fraction of sp³-hybridized carbons (Fsp3) is 0.500. The van der Waals surface area contributed by atoms with E-state index < -0.39 is 26.2 Å². The Morgan fingerprint density at radius 3 is 2.33 bits per heavy atom. The van der Waals surface area contributed by atoms with Crippen molar-refractivity contribution in [2.24, 2.45) is 5.73 Å². The van der Waals surface area contributed by atoms with Gasteiger partial charge >= 0.3 is 6.18 Å². The molecule has 0 fully saturated rings. The van der Waals surface area contributed by atoms with Gasteiger partial charge in [-0.3, -0.25) is 0 Å². The second kappa shape index (κ2) is 5.42. The molecule has 0 saturated heterocycles. The molecule has 2 nitrogen and oxygen atoms in total. The Morgan fingerprint density at radius 2 is 1.89 bits per heavy atom. The molecule has 0 aliphatic carbocycles. The van der Waals surface area contributed by atoms with Gasteiger partial charge in [-0.05, 0) is 37.3 Å². The maximum absolute atomic E-state index is 12.6. The van der Waals surface area contributed by atoms with Gasteiger partial charge in [0.05, 0.1) is 11.7 Å². The van der Waals surface area contributed by atoms with Crippen LogP contribution in [0.15, 0.2) is 24.3 Å². The van der Waals surface area contributed by atoms with Crippen molar-refractivity contribution in [3.8, 4) is 0 Å². The minimum atomic E-state index is -4.34. The zero-order valence-corrected chi connectivity index (χ0v) is 11.7. The third-order valence-corrected chi connectivity index (χ3v) is 3.29. The Bertz CT molecular complexity index is 401. The third-order valence-electron chi connectivity index (χ3n) is 2.30. The number of nitrogens with two attached hydrogens (primary N) is 1. The summed E-state index contributed by atoms with van der Waals surface area (Å²) >= 11 is 0. The summed E-state index contributed by atoms with van der Waals surface area (Å²) in [7, 11) is -1.85. The lowest BCUT2D eigenvalue weighted by atomic mass is 10.1. The Labute approximate surface area is 106 Å². The lowest BCUT2D eigenvalue weighted by molar-refractivity contribution is -0.137. The molecule has 0 radical (unpaired) electrons. The summed E-state index contributed by atoms with van der Waals surface area (Å²) in [6, 6.07) is 5.16. The topological polar surface area (TPSA) is 35.2 Å². The molecule has 1 atom stereocenters. The van der Waals surface area contributed by atoms with Crippen LogP contribution in [-0.2, 0) is 10.6 Å². The summed E-state index contributed by atoms with van der Waals surface area (Å²) in [4.78, 5) is 0. The van der Waals surface area contributed by atoms with Gasteiger partial charge in [0, 0.05) is 6.54 Å². The Balaban J connectivity index is 3.00. The van der Waals surface area contributed by atoms with E-state index in [0.29, 0.717) is 5.56 Å². The quantitative estimate of drug-likeness (QED) is 0.854. The summed E-state index contributed by atoms with van der Waals surface area (Å²) in [6.45, 7) is 6.10. The number of halogens is 3. The van der Waals surface area contributed by atoms with Gasteiger partial charge in [-0.2, -0.15) is 13.2 Å². The molecule has 0 aromatic heterocycles. The van der Waals surface area contributed by atoms with Crippen molar-refractivity contribution in [1.82, 2.24) is 0 Å². The molecule has 1 aromatic rings. The van der Waals surface area contributed by atoms with E-state index in [1.165, 1.54) is 6.07 Å². The van der Waals surface area contributed by atoms with E-state index in [4.69, 9.17) is 10.2 Å². The molecule has 0 unspecified atom stereocenters. The van der Waals surface area contributed by atoms with E-state index in [2.05, 4.69) is 0 Å². The van der Waals surface area contributed by atoms with E-state index in [1.54, 1.807) is 6.07 Å². The highest BCUT2D eigenvalue weighted by molar-refractivity contribution is 6.69. The van der Waals surface area contributed by atoms with E-state index in [-0.39, 0.29) is 6.54 Å². The van der Waals surface area contributed by atoms with Crippen molar-refractivity contribution in [3.63, 3.8) is 0 Å². The fourth-order valence-electron chi connectivity index (χ4n) is 1.59. The fourth-order valence-corrected chi connectivity index (χ4v) is 2.68. The van der Waals surface area contributed by atoms with Crippen LogP contribution >= 0.6 is 0 Å². The van der Waals surface area contributed by atoms with Crippen LogP contribution in [0.1, 0.15) is 17.2 Å². The van der Waals surface area contributed by atoms with E-state index in [9.17, 15) is 13.2 Å². The first-order chi connectivity index (χ1) is 8.13. The van der Waals surface area contributed by atoms with Crippen molar-refractivity contribution in [1.29, 1.82) is 0 Å². The van der Waals surface area contributed by atoms with Crippen LogP contribution in [0, 0.1) is 0 Å². The molecule has 2 N–H and O–H groups in total. The van der Waals surface area contributed by atoms with Crippen LogP contribution in [-0.4, -0.2) is 14.9 Å². The predicted octanol–water partition coefficient (Wildman–Crippen LogP) is 3.56. The molecule has 1 aromatic carbocycles. The number of hydrogen-bond donors (Lipinski definition) is 1. The molecule has 0 bridgehead atoms. The number of alkyl halides is 3. The van der Waals surface area contributed by atoms with E-state index >= 15 is 0 Å². The zero-order chi connectivity index (χ0) is 14.0. The molecule has 102 valence electrons. The number of benzene rings is 1. The van der Waals surface area contributed by atoms with E-state index in [1.807, 2.05) is 19.6 Å². The van der Waals surface area contributed by atoms with Crippen LogP contribution < -0.4 is 5.73 Å². The standard InChI is InChI=1S/C12H18F3NOSi/c1-18(2,3)17-11(8-16)9-5-4-6-10(7-9)12(13,14)15/h4-7,11H,8,16H2,1-3H3/t11-/m0/s1. The van der Waals surface area contributed by atoms with Gasteiger partial charge in [-0.25, -0.2) is 0 Å². The third kappa shape index (κ3) is 4.43. The van der Waals surface area contributed by atoms with Gasteiger partial charge in [-0.15, -0.1) is 0 Å². The smallest absolute Gasteiger partial charge is 0.409 e. The first-order valence-electron chi connectivity index (χ1n) is 5.68. The van der Waals surface area contributed by atoms with Crippen molar-refractivity contribution in [2.45, 2.75) is 31.9 Å². The summed E-state index contributed by atoms with van der Waals surface area (Å²) in [5.74, 6) is 0. The van der Waals surface area contributed by atoms with Crippen molar-refractivity contribution >= 4 is 8.32 Å². The van der Waals surface area contributed by atoms with Crippen LogP contribution in [0.25, 0.3) is 0 Å². The second-order valence-electron chi connectivity index (χ2n) is 5.08. The molecule has 0 heterocycles. The highest BCUT2D eigenvalue weighted by Gasteiger charge is 2.31. The molecule has 0 aliphatic heterocycles. The number of rotatable bonds is 4. The van der Waals surface area contributed by atoms with Crippen molar-refractivity contribution in [3.05, 3.63) is 35.4 Å². The largest absolute Gasteiger partial charge is 0.416 e. The molecule has 0 aliphatic rings. The van der Waals surface area contributed by atoms with Crippen molar-refractivity contribution in [2.75, 3.05) is 6.54 Å². The maximum Gasteiger partial charge on any atom is 0.416 e. The Kier molecular flexibility index (Phi) is 4.58. The SMILES string of the molecule is C[Si](C)(C)O[C@@H](CN)c1cccc(C(F)(F)F)c1. The first kappa shape index (κ1) is 15.2. The molecular formula is C12H18F3NOSi. The summed E-state index contributed by atoms with van der Waals surface area (Å²) < 4.78 is 43.6. The molecule has 0 amide bonds. The summed E-state index contributed by atoms with van der Waals surface area (Å²) in [5.41, 5.74) is 5.40. The Morgan fingerprint density at radius 1 is 1.28 bits per heavy atom. The highest BCUT2D eigenvalue weighted by Crippen LogP contribution is 2.31. The van der Waals surface area contributed by atoms with Gasteiger partial charge in [0.15, 0.2) is 8.32 Å². The lowest BCUT2D eigenvalue weighted by Gasteiger charge is -2.26. The number of hydrogen-bond acceptors (Lipinski definition) is 2. The van der Waals surface area contributed by atoms with Crippen LogP contribution in [0.2, 0.25) is 19.6 Å². The van der Waals surface area contributed by atoms with Crippen molar-refractivity contribution < 1.29 is 17.6 Å². The average Bonchev–Trinajstić information content (AvgIpc) is 2.23. The average molecular weight is 277 g/mol. The minimum Gasteiger partial charge on any atom is -0.409 e. The normalized spacial score (nSPS) is 14.6. The van der Waals surface area contributed by atoms with Gasteiger partial charge in [0.2, 0.25) is 0 Å². The van der Waals surface area contributed by atoms with Gasteiger partial charge in [0.25, 0.3) is 0 Å². The van der Waals surface area contributed by atoms with Crippen LogP contribution in [0.5, 0.6) is 0 Å². The zero-order valence-electron chi connectivity index (χ0n) is 10.7. The highest BCUT2D eigenvalue weighted by atomic mass is 28.4. The molecular weight excluding hydrogens is 259 g/mol. The van der Waals surface area contributed by atoms with E-state index in [0.717, 1.165) is 12.1 Å². The molecule has 6 heteroatoms. The lowest BCUT2D eigenvalue weighted by Crippen LogP contribution is -2.31. The summed E-state index contributed by atoms with van der Waals surface area (Å²) in [6.07, 6.45) is -4.81. The maximum atomic E-state index is 12.6. The minimum absolute atomic E-state index is 0.172. The van der Waals surface area contributed by atoms with Crippen LogP contribution in [0.3, 0.4) is 0 Å². The van der Waals surface area contributed by atoms with Gasteiger partial charge < -0.3 is 10.2 Å². The van der Waals surface area contributed by atoms with Gasteiger partial charge in [0.1, 0.15) is 0 Å². The van der Waals surface area contributed by atoms with Gasteiger partial charge in [-0.1, -0.05) is 12.1 Å². The van der Waals surface area contributed by atoms with Crippen LogP contribution in [0.4, 0.5) is 13.2 Å². The molecule has 1 rings (SSSR count). The second-order valence-corrected chi connectivity index (χ2v) is 9.54. The molecule has 18 heavy (non-hydrogen) atoms. The summed E-state index contributed by atoms with van der Waals surface area (Å²) in [5, 5.41) is 0. The monoisotopic (exact) mass is 277 g/mol. The molecule has 0 spiro atoms. The predicted molar refractivity (Wildman–Crippen MR) is 67.7 cm³/mol. The Hall–Kier alpha value is -0.853.